The van der Waals surface area contributed by atoms with Crippen LogP contribution in [0.3, 0.4) is 0 Å². The van der Waals surface area contributed by atoms with Crippen LogP contribution in [-0.4, -0.2) is 38.0 Å². The van der Waals surface area contributed by atoms with E-state index in [1.807, 2.05) is 37.3 Å². The molecule has 0 unspecified atom stereocenters. The van der Waals surface area contributed by atoms with Crippen molar-refractivity contribution >= 4 is 23.5 Å². The van der Waals surface area contributed by atoms with Crippen LogP contribution in [0.5, 0.6) is 5.75 Å². The number of nitrogens with zero attached hydrogens (tertiary/aromatic N) is 4. The number of hydrogen-bond acceptors (Lipinski definition) is 6. The Bertz CT molecular complexity index is 949. The summed E-state index contributed by atoms with van der Waals surface area (Å²) in [5.74, 6) is 1.94. The van der Waals surface area contributed by atoms with Gasteiger partial charge in [-0.3, -0.25) is 4.79 Å². The lowest BCUT2D eigenvalue weighted by molar-refractivity contribution is -0.113. The Kier molecular flexibility index (Phi) is 6.53. The molecule has 3 aromatic rings. The zero-order valence-electron chi connectivity index (χ0n) is 17.0. The monoisotopic (exact) mass is 411 g/mol. The molecule has 1 N–H and O–H groups in total. The van der Waals surface area contributed by atoms with Crippen molar-refractivity contribution in [1.29, 1.82) is 0 Å². The van der Waals surface area contributed by atoms with Gasteiger partial charge >= 0.3 is 0 Å². The van der Waals surface area contributed by atoms with Crippen LogP contribution in [0.25, 0.3) is 5.95 Å². The van der Waals surface area contributed by atoms with Crippen molar-refractivity contribution < 1.29 is 9.53 Å². The zero-order chi connectivity index (χ0) is 20.9. The Labute approximate surface area is 174 Å². The topological polar surface area (TPSA) is 81.9 Å². The van der Waals surface area contributed by atoms with Gasteiger partial charge in [0.1, 0.15) is 11.6 Å². The Morgan fingerprint density at radius 2 is 1.86 bits per heavy atom. The fourth-order valence-corrected chi connectivity index (χ4v) is 3.21. The summed E-state index contributed by atoms with van der Waals surface area (Å²) >= 11 is 1.46. The van der Waals surface area contributed by atoms with Gasteiger partial charge < -0.3 is 10.1 Å². The lowest BCUT2D eigenvalue weighted by atomic mass is 9.92. The molecule has 8 heteroatoms. The molecule has 1 aromatic carbocycles. The van der Waals surface area contributed by atoms with Crippen LogP contribution in [0.1, 0.15) is 33.4 Å². The van der Waals surface area contributed by atoms with Crippen molar-refractivity contribution in [1.82, 2.24) is 19.7 Å². The minimum atomic E-state index is -0.170. The van der Waals surface area contributed by atoms with Crippen molar-refractivity contribution in [3.05, 3.63) is 54.5 Å². The molecule has 3 rings (SSSR count). The van der Waals surface area contributed by atoms with E-state index in [9.17, 15) is 4.79 Å². The Morgan fingerprint density at radius 1 is 1.17 bits per heavy atom. The number of anilines is 1. The molecule has 1 amide bonds. The quantitative estimate of drug-likeness (QED) is 0.590. The van der Waals surface area contributed by atoms with Gasteiger partial charge in [0.2, 0.25) is 5.91 Å². The highest BCUT2D eigenvalue weighted by Crippen LogP contribution is 2.26. The van der Waals surface area contributed by atoms with E-state index in [2.05, 4.69) is 41.2 Å². The second-order valence-corrected chi connectivity index (χ2v) is 8.42. The van der Waals surface area contributed by atoms with E-state index in [1.165, 1.54) is 11.8 Å². The summed E-state index contributed by atoms with van der Waals surface area (Å²) in [6.07, 6.45) is 3.29. The molecule has 0 saturated carbocycles. The van der Waals surface area contributed by atoms with Crippen molar-refractivity contribution in [2.45, 2.75) is 38.0 Å². The number of aromatic nitrogens is 4. The van der Waals surface area contributed by atoms with Gasteiger partial charge in [0.25, 0.3) is 5.95 Å². The first-order chi connectivity index (χ1) is 13.9. The normalized spacial score (nSPS) is 11.3. The van der Waals surface area contributed by atoms with Crippen molar-refractivity contribution in [3.8, 4) is 11.7 Å². The van der Waals surface area contributed by atoms with Gasteiger partial charge in [-0.15, -0.1) is 11.8 Å². The molecule has 0 radical (unpaired) electrons. The molecule has 2 heterocycles. The Balaban J connectivity index is 1.71. The minimum Gasteiger partial charge on any atom is -0.494 e. The van der Waals surface area contributed by atoms with E-state index in [4.69, 9.17) is 4.74 Å². The van der Waals surface area contributed by atoms with Crippen LogP contribution < -0.4 is 10.1 Å². The second-order valence-electron chi connectivity index (χ2n) is 7.37. The molecule has 2 aromatic heterocycles. The standard InChI is InChI=1S/C21H25N5O2S/c1-5-28-15-7-9-16(10-8-15)29-14-19(27)24-18-13-17(21(2,3)4)25-26(18)20-22-11-6-12-23-20/h6-13H,5,14H2,1-4H3,(H,24,27). The maximum Gasteiger partial charge on any atom is 0.252 e. The van der Waals surface area contributed by atoms with E-state index in [-0.39, 0.29) is 17.1 Å². The van der Waals surface area contributed by atoms with Gasteiger partial charge in [0.15, 0.2) is 0 Å². The maximum absolute atomic E-state index is 12.6. The summed E-state index contributed by atoms with van der Waals surface area (Å²) in [6.45, 7) is 8.78. The number of thioether (sulfide) groups is 1. The average Bonchev–Trinajstić information content (AvgIpc) is 3.12. The summed E-state index contributed by atoms with van der Waals surface area (Å²) < 4.78 is 7.01. The third kappa shape index (κ3) is 5.57. The number of carbonyl (C=O) groups excluding carboxylic acids is 1. The minimum absolute atomic E-state index is 0.124. The third-order valence-corrected chi connectivity index (χ3v) is 5.00. The molecule has 0 spiro atoms. The van der Waals surface area contributed by atoms with E-state index in [0.717, 1.165) is 16.3 Å². The lowest BCUT2D eigenvalue weighted by Crippen LogP contribution is -2.17. The first-order valence-electron chi connectivity index (χ1n) is 9.40. The maximum atomic E-state index is 12.6. The molecular formula is C21H25N5O2S. The highest BCUT2D eigenvalue weighted by atomic mass is 32.2. The predicted octanol–water partition coefficient (Wildman–Crippen LogP) is 4.09. The molecule has 0 saturated heterocycles. The molecule has 152 valence electrons. The highest BCUT2D eigenvalue weighted by molar-refractivity contribution is 8.00. The molecule has 7 nitrogen and oxygen atoms in total. The van der Waals surface area contributed by atoms with Gasteiger partial charge in [0.05, 0.1) is 18.1 Å². The SMILES string of the molecule is CCOc1ccc(SCC(=O)Nc2cc(C(C)(C)C)nn2-c2ncccn2)cc1. The third-order valence-electron chi connectivity index (χ3n) is 3.99. The van der Waals surface area contributed by atoms with Gasteiger partial charge in [-0.05, 0) is 37.3 Å². The van der Waals surface area contributed by atoms with E-state index >= 15 is 0 Å². The van der Waals surface area contributed by atoms with Crippen LogP contribution in [0, 0.1) is 0 Å². The lowest BCUT2D eigenvalue weighted by Gasteiger charge is -2.13. The molecule has 0 fully saturated rings. The zero-order valence-corrected chi connectivity index (χ0v) is 17.9. The first kappa shape index (κ1) is 20.9. The summed E-state index contributed by atoms with van der Waals surface area (Å²) in [4.78, 5) is 22.1. The van der Waals surface area contributed by atoms with Crippen LogP contribution in [-0.2, 0) is 10.2 Å². The van der Waals surface area contributed by atoms with Crippen molar-refractivity contribution in [2.24, 2.45) is 0 Å². The van der Waals surface area contributed by atoms with E-state index < -0.39 is 0 Å². The number of rotatable bonds is 7. The smallest absolute Gasteiger partial charge is 0.252 e. The van der Waals surface area contributed by atoms with Gasteiger partial charge in [-0.1, -0.05) is 20.8 Å². The van der Waals surface area contributed by atoms with Crippen molar-refractivity contribution in [3.63, 3.8) is 0 Å². The summed E-state index contributed by atoms with van der Waals surface area (Å²) in [5, 5.41) is 7.55. The number of ether oxygens (including phenoxy) is 1. The van der Waals surface area contributed by atoms with Crippen LogP contribution >= 0.6 is 11.8 Å². The van der Waals surface area contributed by atoms with Crippen molar-refractivity contribution in [2.75, 3.05) is 17.7 Å². The van der Waals surface area contributed by atoms with Gasteiger partial charge in [-0.25, -0.2) is 9.97 Å². The molecule has 0 aliphatic heterocycles. The molecule has 0 aliphatic carbocycles. The van der Waals surface area contributed by atoms with Gasteiger partial charge in [0, 0.05) is 28.8 Å². The van der Waals surface area contributed by atoms with Crippen LogP contribution in [0.4, 0.5) is 5.82 Å². The molecule has 0 atom stereocenters. The first-order valence-corrected chi connectivity index (χ1v) is 10.4. The van der Waals surface area contributed by atoms with E-state index in [0.29, 0.717) is 18.4 Å². The Hall–Kier alpha value is -2.87. The molecular weight excluding hydrogens is 386 g/mol. The average molecular weight is 412 g/mol. The summed E-state index contributed by atoms with van der Waals surface area (Å²) in [6, 6.07) is 11.3. The van der Waals surface area contributed by atoms with Crippen LogP contribution in [0.2, 0.25) is 0 Å². The number of hydrogen-bond donors (Lipinski definition) is 1. The number of benzene rings is 1. The predicted molar refractivity (Wildman–Crippen MR) is 115 cm³/mol. The number of amides is 1. The highest BCUT2D eigenvalue weighted by Gasteiger charge is 2.22. The molecule has 0 aliphatic rings. The summed E-state index contributed by atoms with van der Waals surface area (Å²) in [5.41, 5.74) is 0.677. The Morgan fingerprint density at radius 3 is 2.48 bits per heavy atom. The molecule has 29 heavy (non-hydrogen) atoms. The fourth-order valence-electron chi connectivity index (χ4n) is 2.52. The van der Waals surface area contributed by atoms with E-state index in [1.54, 1.807) is 23.1 Å². The second kappa shape index (κ2) is 9.09. The molecule has 0 bridgehead atoms. The number of carbonyl (C=O) groups is 1. The largest absolute Gasteiger partial charge is 0.494 e. The van der Waals surface area contributed by atoms with Crippen LogP contribution in [0.15, 0.2) is 53.7 Å². The fraction of sp³-hybridized carbons (Fsp3) is 0.333. The number of nitrogens with one attached hydrogen (secondary N) is 1. The summed E-state index contributed by atoms with van der Waals surface area (Å²) in [7, 11) is 0. The van der Waals surface area contributed by atoms with Gasteiger partial charge in [-0.2, -0.15) is 9.78 Å².